The molecular formula is C15H10Br2ClF3. The third kappa shape index (κ3) is 4.47. The summed E-state index contributed by atoms with van der Waals surface area (Å²) in [5, 5.41) is 0.610. The molecule has 0 aliphatic carbocycles. The molecule has 0 spiro atoms. The average Bonchev–Trinajstić information content (AvgIpc) is 2.37. The summed E-state index contributed by atoms with van der Waals surface area (Å²) in [6.07, 6.45) is -3.82. The van der Waals surface area contributed by atoms with E-state index in [4.69, 9.17) is 11.6 Å². The van der Waals surface area contributed by atoms with Crippen molar-refractivity contribution in [1.82, 2.24) is 0 Å². The first-order valence-corrected chi connectivity index (χ1v) is 8.11. The first-order chi connectivity index (χ1) is 9.77. The summed E-state index contributed by atoms with van der Waals surface area (Å²) < 4.78 is 38.8. The van der Waals surface area contributed by atoms with Gasteiger partial charge in [-0.15, -0.1) is 0 Å². The molecule has 2 aromatic carbocycles. The maximum Gasteiger partial charge on any atom is 0.417 e. The van der Waals surface area contributed by atoms with E-state index in [1.807, 2.05) is 12.1 Å². The van der Waals surface area contributed by atoms with Crippen LogP contribution < -0.4 is 0 Å². The minimum Gasteiger partial charge on any atom is -0.166 e. The highest BCUT2D eigenvalue weighted by atomic mass is 79.9. The van der Waals surface area contributed by atoms with E-state index in [9.17, 15) is 13.2 Å². The number of hydrogen-bond acceptors (Lipinski definition) is 0. The fraction of sp³-hybridized carbons (Fsp3) is 0.200. The Kier molecular flexibility index (Phi) is 5.38. The zero-order chi connectivity index (χ0) is 15.6. The van der Waals surface area contributed by atoms with Crippen LogP contribution in [0.5, 0.6) is 0 Å². The summed E-state index contributed by atoms with van der Waals surface area (Å²) >= 11 is 12.3. The van der Waals surface area contributed by atoms with E-state index in [2.05, 4.69) is 31.9 Å². The molecule has 2 aromatic rings. The number of alkyl halides is 4. The SMILES string of the molecule is FC(F)(F)c1cc(C(Br)Cc2cccc(Cl)c2)ccc1Br. The van der Waals surface area contributed by atoms with Gasteiger partial charge in [-0.3, -0.25) is 0 Å². The molecule has 0 saturated heterocycles. The minimum atomic E-state index is -4.38. The molecule has 0 aliphatic rings. The first-order valence-electron chi connectivity index (χ1n) is 6.02. The van der Waals surface area contributed by atoms with Crippen LogP contribution in [0.2, 0.25) is 5.02 Å². The Morgan fingerprint density at radius 1 is 1.10 bits per heavy atom. The van der Waals surface area contributed by atoms with E-state index in [1.165, 1.54) is 6.07 Å². The Bertz CT molecular complexity index is 641. The molecule has 112 valence electrons. The van der Waals surface area contributed by atoms with Crippen molar-refractivity contribution in [2.45, 2.75) is 17.4 Å². The standard InChI is InChI=1S/C15H10Br2ClF3/c16-13-5-4-10(8-12(13)15(19,20)21)14(17)7-9-2-1-3-11(18)6-9/h1-6,8,14H,7H2. The van der Waals surface area contributed by atoms with Gasteiger partial charge in [-0.25, -0.2) is 0 Å². The largest absolute Gasteiger partial charge is 0.417 e. The monoisotopic (exact) mass is 440 g/mol. The Morgan fingerprint density at radius 3 is 2.43 bits per heavy atom. The molecule has 0 amide bonds. The zero-order valence-corrected chi connectivity index (χ0v) is 14.5. The van der Waals surface area contributed by atoms with E-state index in [0.717, 1.165) is 11.6 Å². The molecule has 0 radical (unpaired) electrons. The van der Waals surface area contributed by atoms with Crippen molar-refractivity contribution in [3.05, 3.63) is 68.7 Å². The van der Waals surface area contributed by atoms with Crippen molar-refractivity contribution in [1.29, 1.82) is 0 Å². The molecule has 0 heterocycles. The Balaban J connectivity index is 2.25. The second-order valence-corrected chi connectivity index (χ2v) is 6.93. The summed E-state index contributed by atoms with van der Waals surface area (Å²) in [4.78, 5) is -0.217. The molecule has 1 atom stereocenters. The highest BCUT2D eigenvalue weighted by Gasteiger charge is 2.33. The van der Waals surface area contributed by atoms with Crippen molar-refractivity contribution in [2.24, 2.45) is 0 Å². The smallest absolute Gasteiger partial charge is 0.166 e. The van der Waals surface area contributed by atoms with Gasteiger partial charge >= 0.3 is 6.18 Å². The van der Waals surface area contributed by atoms with E-state index in [1.54, 1.807) is 18.2 Å². The number of benzene rings is 2. The van der Waals surface area contributed by atoms with Crippen LogP contribution >= 0.6 is 43.5 Å². The van der Waals surface area contributed by atoms with E-state index in [0.29, 0.717) is 17.0 Å². The average molecular weight is 443 g/mol. The molecule has 0 saturated carbocycles. The maximum atomic E-state index is 12.9. The number of rotatable bonds is 3. The lowest BCUT2D eigenvalue weighted by atomic mass is 10.0. The van der Waals surface area contributed by atoms with Gasteiger partial charge in [0.2, 0.25) is 0 Å². The normalized spacial score (nSPS) is 13.2. The molecular weight excluding hydrogens is 432 g/mol. The molecule has 0 nitrogen and oxygen atoms in total. The van der Waals surface area contributed by atoms with Gasteiger partial charge in [-0.05, 0) is 41.8 Å². The predicted octanol–water partition coefficient (Wildman–Crippen LogP) is 6.80. The highest BCUT2D eigenvalue weighted by Crippen LogP contribution is 2.38. The van der Waals surface area contributed by atoms with Crippen molar-refractivity contribution in [3.8, 4) is 0 Å². The van der Waals surface area contributed by atoms with Crippen LogP contribution in [0.25, 0.3) is 0 Å². The highest BCUT2D eigenvalue weighted by molar-refractivity contribution is 9.10. The molecule has 6 heteroatoms. The number of halogens is 6. The zero-order valence-electron chi connectivity index (χ0n) is 10.6. The van der Waals surface area contributed by atoms with E-state index in [-0.39, 0.29) is 9.30 Å². The van der Waals surface area contributed by atoms with Crippen LogP contribution in [-0.4, -0.2) is 0 Å². The van der Waals surface area contributed by atoms with Crippen LogP contribution in [0.4, 0.5) is 13.2 Å². The van der Waals surface area contributed by atoms with Gasteiger partial charge in [0.1, 0.15) is 0 Å². The minimum absolute atomic E-state index is 0.0428. The van der Waals surface area contributed by atoms with Crippen LogP contribution in [-0.2, 0) is 12.6 Å². The fourth-order valence-electron chi connectivity index (χ4n) is 1.94. The van der Waals surface area contributed by atoms with Gasteiger partial charge < -0.3 is 0 Å². The van der Waals surface area contributed by atoms with Crippen LogP contribution in [0.15, 0.2) is 46.9 Å². The lowest BCUT2D eigenvalue weighted by Crippen LogP contribution is -2.07. The van der Waals surface area contributed by atoms with Gasteiger partial charge in [0.25, 0.3) is 0 Å². The van der Waals surface area contributed by atoms with Crippen LogP contribution in [0.1, 0.15) is 21.5 Å². The summed E-state index contributed by atoms with van der Waals surface area (Å²) in [7, 11) is 0. The molecule has 1 unspecified atom stereocenters. The van der Waals surface area contributed by atoms with Crippen molar-refractivity contribution in [2.75, 3.05) is 0 Å². The van der Waals surface area contributed by atoms with Crippen molar-refractivity contribution in [3.63, 3.8) is 0 Å². The topological polar surface area (TPSA) is 0 Å². The summed E-state index contributed by atoms with van der Waals surface area (Å²) in [6, 6.07) is 11.5. The number of hydrogen-bond donors (Lipinski definition) is 0. The molecule has 0 aliphatic heterocycles. The fourth-order valence-corrected chi connectivity index (χ4v) is 3.29. The van der Waals surface area contributed by atoms with Crippen LogP contribution in [0, 0.1) is 0 Å². The van der Waals surface area contributed by atoms with Gasteiger partial charge in [-0.2, -0.15) is 13.2 Å². The van der Waals surface area contributed by atoms with Crippen molar-refractivity contribution < 1.29 is 13.2 Å². The van der Waals surface area contributed by atoms with Crippen LogP contribution in [0.3, 0.4) is 0 Å². The quantitative estimate of drug-likeness (QED) is 0.459. The van der Waals surface area contributed by atoms with E-state index >= 15 is 0 Å². The molecule has 0 aromatic heterocycles. The van der Waals surface area contributed by atoms with E-state index < -0.39 is 11.7 Å². The molecule has 0 bridgehead atoms. The Hall–Kier alpha value is -0.520. The third-order valence-corrected chi connectivity index (χ3v) is 4.74. The lowest BCUT2D eigenvalue weighted by molar-refractivity contribution is -0.138. The maximum absolute atomic E-state index is 12.9. The summed E-state index contributed by atoms with van der Waals surface area (Å²) in [6.45, 7) is 0. The first kappa shape index (κ1) is 16.8. The molecule has 2 rings (SSSR count). The second-order valence-electron chi connectivity index (χ2n) is 4.54. The lowest BCUT2D eigenvalue weighted by Gasteiger charge is -2.15. The van der Waals surface area contributed by atoms with Gasteiger partial charge in [0, 0.05) is 14.3 Å². The predicted molar refractivity (Wildman–Crippen MR) is 86.0 cm³/mol. The summed E-state index contributed by atoms with van der Waals surface area (Å²) in [5.41, 5.74) is 0.863. The van der Waals surface area contributed by atoms with Crippen molar-refractivity contribution >= 4 is 43.5 Å². The Morgan fingerprint density at radius 2 is 1.81 bits per heavy atom. The molecule has 0 fully saturated rings. The second kappa shape index (κ2) is 6.71. The third-order valence-electron chi connectivity index (χ3n) is 2.96. The Labute approximate surface area is 142 Å². The summed E-state index contributed by atoms with van der Waals surface area (Å²) in [5.74, 6) is 0. The van der Waals surface area contributed by atoms with Gasteiger partial charge in [0.15, 0.2) is 0 Å². The molecule has 0 N–H and O–H groups in total. The molecule has 21 heavy (non-hydrogen) atoms. The van der Waals surface area contributed by atoms with Gasteiger partial charge in [-0.1, -0.05) is 61.7 Å². The van der Waals surface area contributed by atoms with Gasteiger partial charge in [0.05, 0.1) is 5.56 Å².